The first kappa shape index (κ1) is 38.2. The zero-order valence-corrected chi connectivity index (χ0v) is 31.9. The van der Waals surface area contributed by atoms with Crippen molar-refractivity contribution in [3.63, 3.8) is 0 Å². The van der Waals surface area contributed by atoms with E-state index in [1.165, 1.54) is 88.6 Å². The van der Waals surface area contributed by atoms with Crippen molar-refractivity contribution >= 4 is 3.21 Å². The third kappa shape index (κ3) is 10.1. The van der Waals surface area contributed by atoms with Crippen LogP contribution in [0.4, 0.5) is 0 Å². The van der Waals surface area contributed by atoms with E-state index >= 15 is 0 Å². The van der Waals surface area contributed by atoms with Crippen LogP contribution in [0.15, 0.2) is 140 Å². The number of rotatable bonds is 4. The molecule has 0 aliphatic heterocycles. The van der Waals surface area contributed by atoms with Crippen molar-refractivity contribution in [2.45, 2.75) is 52.9 Å². The molecular formula is C44H42Cl2Zr-2. The Morgan fingerprint density at radius 2 is 1.28 bits per heavy atom. The molecule has 0 bridgehead atoms. The van der Waals surface area contributed by atoms with Gasteiger partial charge in [0.25, 0.3) is 0 Å². The van der Waals surface area contributed by atoms with Crippen molar-refractivity contribution < 1.29 is 49.0 Å². The van der Waals surface area contributed by atoms with Gasteiger partial charge >= 0.3 is 70.3 Å². The van der Waals surface area contributed by atoms with Gasteiger partial charge in [0.1, 0.15) is 0 Å². The van der Waals surface area contributed by atoms with Gasteiger partial charge in [-0.15, -0.1) is 29.3 Å². The predicted octanol–water partition coefficient (Wildman–Crippen LogP) is 5.44. The molecule has 0 N–H and O–H groups in total. The first-order valence-electron chi connectivity index (χ1n) is 15.9. The minimum absolute atomic E-state index is 0. The van der Waals surface area contributed by atoms with Crippen molar-refractivity contribution in [3.8, 4) is 33.4 Å². The van der Waals surface area contributed by atoms with Gasteiger partial charge < -0.3 is 24.8 Å². The first-order chi connectivity index (χ1) is 21.7. The molecule has 0 unspecified atom stereocenters. The second-order valence-electron chi connectivity index (χ2n) is 12.6. The van der Waals surface area contributed by atoms with Gasteiger partial charge in [0.2, 0.25) is 0 Å². The number of benzene rings is 5. The molecule has 0 fully saturated rings. The SMILES string of the molecule is CCc1cc(C(C)(C)C)c[cH-]1.C[C](=[Zr+2])c1ccccc1.[Cl-].[Cl-].[c-]1c(-c2ccccc2)ccc2c1Cc1cc(-c3ccccc3)ccc1-2. The van der Waals surface area contributed by atoms with Crippen LogP contribution in [0.5, 0.6) is 0 Å². The van der Waals surface area contributed by atoms with Gasteiger partial charge in [-0.2, -0.15) is 23.3 Å². The zero-order chi connectivity index (χ0) is 31.8. The zero-order valence-electron chi connectivity index (χ0n) is 27.9. The van der Waals surface area contributed by atoms with E-state index in [1.54, 1.807) is 0 Å². The van der Waals surface area contributed by atoms with E-state index in [9.17, 15) is 0 Å². The standard InChI is InChI=1S/C25H17.C11H17.C8H8.2ClH.Zr/c1-3-7-18(8-4-1)20-11-13-24-22(15-20)17-23-16-21(12-14-25(23)24)19-9-5-2-6-10-19;1-5-9-6-7-10(8-9)11(2,3)4;1-2-8-6-4-3-5-7-8;;;/h1-15H,17H2;6-8H,5H2,1-4H3;3-7H,1H3;2*1H;/q2*-1;;;;+2/p-2. The molecule has 0 saturated heterocycles. The van der Waals surface area contributed by atoms with Gasteiger partial charge in [-0.05, 0) is 23.1 Å². The van der Waals surface area contributed by atoms with Crippen molar-refractivity contribution in [1.29, 1.82) is 0 Å². The topological polar surface area (TPSA) is 0 Å². The maximum Gasteiger partial charge on any atom is -0.0181 e. The van der Waals surface area contributed by atoms with E-state index in [4.69, 9.17) is 0 Å². The summed E-state index contributed by atoms with van der Waals surface area (Å²) in [4.78, 5) is 0. The summed E-state index contributed by atoms with van der Waals surface area (Å²) in [6.07, 6.45) is 2.11. The Labute approximate surface area is 309 Å². The average Bonchev–Trinajstić information content (AvgIpc) is 3.71. The summed E-state index contributed by atoms with van der Waals surface area (Å²) in [7, 11) is 0. The molecule has 1 aliphatic carbocycles. The summed E-state index contributed by atoms with van der Waals surface area (Å²) in [6, 6.07) is 53.3. The Kier molecular flexibility index (Phi) is 14.5. The van der Waals surface area contributed by atoms with Gasteiger partial charge in [0.15, 0.2) is 0 Å². The van der Waals surface area contributed by atoms with E-state index in [0.29, 0.717) is 5.41 Å². The second kappa shape index (κ2) is 17.8. The molecule has 238 valence electrons. The molecule has 0 nitrogen and oxygen atoms in total. The van der Waals surface area contributed by atoms with Crippen LogP contribution in [0.3, 0.4) is 0 Å². The molecule has 47 heavy (non-hydrogen) atoms. The van der Waals surface area contributed by atoms with Crippen LogP contribution in [0.25, 0.3) is 33.4 Å². The monoisotopic (exact) mass is 730 g/mol. The fourth-order valence-corrected chi connectivity index (χ4v) is 6.00. The fraction of sp³-hybridized carbons (Fsp3) is 0.182. The van der Waals surface area contributed by atoms with Crippen molar-refractivity contribution in [2.75, 3.05) is 0 Å². The summed E-state index contributed by atoms with van der Waals surface area (Å²) in [5, 5.41) is 0. The average molecular weight is 733 g/mol. The van der Waals surface area contributed by atoms with E-state index in [2.05, 4.69) is 174 Å². The van der Waals surface area contributed by atoms with Crippen LogP contribution < -0.4 is 24.8 Å². The summed E-state index contributed by atoms with van der Waals surface area (Å²) < 4.78 is 1.46. The molecule has 0 atom stereocenters. The van der Waals surface area contributed by atoms with Crippen molar-refractivity contribution in [2.24, 2.45) is 0 Å². The molecule has 0 spiro atoms. The minimum Gasteiger partial charge on any atom is -1.00 e. The molecule has 0 radical (unpaired) electrons. The molecule has 3 heteroatoms. The van der Waals surface area contributed by atoms with Crippen LogP contribution in [0.1, 0.15) is 62.4 Å². The number of halogens is 2. The Morgan fingerprint density at radius 3 is 1.79 bits per heavy atom. The van der Waals surface area contributed by atoms with Crippen LogP contribution in [-0.4, -0.2) is 3.21 Å². The van der Waals surface area contributed by atoms with Gasteiger partial charge in [0.05, 0.1) is 0 Å². The predicted molar refractivity (Wildman–Crippen MR) is 191 cm³/mol. The van der Waals surface area contributed by atoms with E-state index in [1.807, 2.05) is 6.07 Å². The fourth-order valence-electron chi connectivity index (χ4n) is 5.59. The summed E-state index contributed by atoms with van der Waals surface area (Å²) in [6.45, 7) is 11.1. The van der Waals surface area contributed by atoms with E-state index < -0.39 is 0 Å². The molecule has 0 heterocycles. The molecule has 0 saturated carbocycles. The van der Waals surface area contributed by atoms with Gasteiger partial charge in [0, 0.05) is 0 Å². The smallest absolute Gasteiger partial charge is 0.0181 e. The second-order valence-corrected chi connectivity index (χ2v) is 14.5. The van der Waals surface area contributed by atoms with Crippen LogP contribution in [0, 0.1) is 6.07 Å². The summed E-state index contributed by atoms with van der Waals surface area (Å²) in [5.41, 5.74) is 14.9. The maximum atomic E-state index is 3.65. The molecule has 6 aromatic rings. The van der Waals surface area contributed by atoms with Gasteiger partial charge in [-0.1, -0.05) is 135 Å². The van der Waals surface area contributed by atoms with Crippen molar-refractivity contribution in [3.05, 3.63) is 173 Å². The third-order valence-electron chi connectivity index (χ3n) is 8.28. The van der Waals surface area contributed by atoms with Crippen LogP contribution in [-0.2, 0) is 42.5 Å². The summed E-state index contributed by atoms with van der Waals surface area (Å²) >= 11 is 1.51. The molecule has 0 amide bonds. The van der Waals surface area contributed by atoms with Gasteiger partial charge in [-0.3, -0.25) is 0 Å². The minimum atomic E-state index is 0. The summed E-state index contributed by atoms with van der Waals surface area (Å²) in [5.74, 6) is 0. The Hall–Kier alpha value is -3.22. The number of fused-ring (bicyclic) bond motifs is 3. The first-order valence-corrected chi connectivity index (χ1v) is 17.1. The van der Waals surface area contributed by atoms with Crippen LogP contribution in [0.2, 0.25) is 0 Å². The molecule has 7 rings (SSSR count). The van der Waals surface area contributed by atoms with Gasteiger partial charge in [-0.25, -0.2) is 6.07 Å². The molecule has 1 aliphatic rings. The number of hydrogen-bond acceptors (Lipinski definition) is 0. The maximum absolute atomic E-state index is 3.65. The Balaban J connectivity index is 0.000000228. The number of aryl methyl sites for hydroxylation is 1. The molecule has 6 aromatic carbocycles. The molecular weight excluding hydrogens is 691 g/mol. The Morgan fingerprint density at radius 1 is 0.702 bits per heavy atom. The Bertz CT molecular complexity index is 1760. The van der Waals surface area contributed by atoms with Crippen molar-refractivity contribution in [1.82, 2.24) is 0 Å². The normalized spacial score (nSPS) is 10.9. The number of hydrogen-bond donors (Lipinski definition) is 0. The van der Waals surface area contributed by atoms with E-state index in [0.717, 1.165) is 12.8 Å². The molecule has 0 aromatic heterocycles. The third-order valence-corrected chi connectivity index (χ3v) is 8.99. The quantitative estimate of drug-likeness (QED) is 0.212. The van der Waals surface area contributed by atoms with Crippen LogP contribution >= 0.6 is 0 Å². The largest absolute Gasteiger partial charge is 1.00 e. The van der Waals surface area contributed by atoms with E-state index in [-0.39, 0.29) is 24.8 Å².